The summed E-state index contributed by atoms with van der Waals surface area (Å²) in [6.07, 6.45) is 2.40. The smallest absolute Gasteiger partial charge is 0.251 e. The van der Waals surface area contributed by atoms with E-state index in [-0.39, 0.29) is 12.8 Å². The van der Waals surface area contributed by atoms with E-state index in [0.29, 0.717) is 19.0 Å². The summed E-state index contributed by atoms with van der Waals surface area (Å²) in [5.74, 6) is -1.43. The van der Waals surface area contributed by atoms with Gasteiger partial charge in [-0.25, -0.2) is 13.8 Å². The largest absolute Gasteiger partial charge is 0.355 e. The van der Waals surface area contributed by atoms with Gasteiger partial charge >= 0.3 is 0 Å². The maximum Gasteiger partial charge on any atom is 0.251 e. The first-order valence-electron chi connectivity index (χ1n) is 7.24. The molecule has 1 atom stereocenters. The topological polar surface area (TPSA) is 41.1 Å². The summed E-state index contributed by atoms with van der Waals surface area (Å²) in [5.41, 5.74) is 2.05. The first kappa shape index (κ1) is 13.7. The van der Waals surface area contributed by atoms with E-state index in [1.165, 1.54) is 0 Å². The molecule has 1 N–H and O–H groups in total. The van der Waals surface area contributed by atoms with Gasteiger partial charge in [0, 0.05) is 51.4 Å². The Hall–Kier alpha value is -1.30. The third-order valence-electron chi connectivity index (χ3n) is 4.14. The Labute approximate surface area is 117 Å². The number of alkyl halides is 2. The van der Waals surface area contributed by atoms with Crippen LogP contribution in [0.25, 0.3) is 0 Å². The van der Waals surface area contributed by atoms with Crippen LogP contribution in [-0.2, 0) is 6.42 Å². The van der Waals surface area contributed by atoms with Crippen molar-refractivity contribution in [3.05, 3.63) is 17.6 Å². The van der Waals surface area contributed by atoms with E-state index >= 15 is 0 Å². The quantitative estimate of drug-likeness (QED) is 0.855. The lowest BCUT2D eigenvalue weighted by Crippen LogP contribution is -2.40. The molecule has 3 rings (SSSR count). The predicted octanol–water partition coefficient (Wildman–Crippen LogP) is 1.96. The summed E-state index contributed by atoms with van der Waals surface area (Å²) in [5, 5.41) is 3.36. The number of aromatic nitrogens is 2. The molecule has 0 bridgehead atoms. The lowest BCUT2D eigenvalue weighted by Gasteiger charge is -2.32. The number of hydrogen-bond acceptors (Lipinski definition) is 4. The minimum atomic E-state index is -2.52. The molecule has 1 fully saturated rings. The van der Waals surface area contributed by atoms with Crippen LogP contribution in [0.4, 0.5) is 14.6 Å². The fraction of sp³-hybridized carbons (Fsp3) is 0.714. The second kappa shape index (κ2) is 5.24. The van der Waals surface area contributed by atoms with Gasteiger partial charge in [0.25, 0.3) is 5.92 Å². The van der Waals surface area contributed by atoms with Crippen LogP contribution in [0.2, 0.25) is 0 Å². The van der Waals surface area contributed by atoms with Crippen molar-refractivity contribution in [2.45, 2.75) is 38.0 Å². The highest BCUT2D eigenvalue weighted by atomic mass is 19.3. The Morgan fingerprint density at radius 3 is 2.85 bits per heavy atom. The van der Waals surface area contributed by atoms with Crippen LogP contribution in [0.5, 0.6) is 0 Å². The van der Waals surface area contributed by atoms with E-state index in [0.717, 1.165) is 36.7 Å². The molecule has 0 amide bonds. The Morgan fingerprint density at radius 1 is 1.35 bits per heavy atom. The molecule has 3 heterocycles. The Bertz CT molecular complexity index is 482. The molecule has 110 valence electrons. The molecule has 0 spiro atoms. The summed E-state index contributed by atoms with van der Waals surface area (Å²) in [6.45, 7) is 4.65. The van der Waals surface area contributed by atoms with Gasteiger partial charge in [-0.2, -0.15) is 0 Å². The van der Waals surface area contributed by atoms with E-state index in [9.17, 15) is 8.78 Å². The van der Waals surface area contributed by atoms with Gasteiger partial charge in [-0.1, -0.05) is 6.92 Å². The summed E-state index contributed by atoms with van der Waals surface area (Å²) in [6, 6.07) is 0. The number of anilines is 1. The molecule has 1 aromatic heterocycles. The van der Waals surface area contributed by atoms with Crippen molar-refractivity contribution in [2.75, 3.05) is 31.1 Å². The predicted molar refractivity (Wildman–Crippen MR) is 73.4 cm³/mol. The first-order chi connectivity index (χ1) is 9.55. The van der Waals surface area contributed by atoms with E-state index in [2.05, 4.69) is 22.2 Å². The Balaban J connectivity index is 1.80. The zero-order chi connectivity index (χ0) is 14.2. The van der Waals surface area contributed by atoms with Gasteiger partial charge in [-0.3, -0.25) is 4.98 Å². The molecule has 2 aliphatic rings. The zero-order valence-corrected chi connectivity index (χ0v) is 11.7. The molecule has 0 radical (unpaired) electrons. The maximum absolute atomic E-state index is 13.2. The van der Waals surface area contributed by atoms with Crippen molar-refractivity contribution in [3.63, 3.8) is 0 Å². The summed E-state index contributed by atoms with van der Waals surface area (Å²) in [7, 11) is 0. The number of piperidine rings is 1. The van der Waals surface area contributed by atoms with Crippen LogP contribution in [0.15, 0.2) is 6.20 Å². The molecular weight excluding hydrogens is 262 g/mol. The monoisotopic (exact) mass is 282 g/mol. The molecule has 0 unspecified atom stereocenters. The van der Waals surface area contributed by atoms with E-state index < -0.39 is 5.92 Å². The highest BCUT2D eigenvalue weighted by Crippen LogP contribution is 2.30. The van der Waals surface area contributed by atoms with Crippen molar-refractivity contribution < 1.29 is 8.78 Å². The van der Waals surface area contributed by atoms with E-state index in [4.69, 9.17) is 0 Å². The summed E-state index contributed by atoms with van der Waals surface area (Å²) < 4.78 is 26.4. The fourth-order valence-corrected chi connectivity index (χ4v) is 2.86. The number of halogens is 2. The average molecular weight is 282 g/mol. The minimum Gasteiger partial charge on any atom is -0.355 e. The van der Waals surface area contributed by atoms with E-state index in [1.54, 1.807) is 6.20 Å². The highest BCUT2D eigenvalue weighted by molar-refractivity contribution is 5.39. The van der Waals surface area contributed by atoms with Crippen LogP contribution in [-0.4, -0.2) is 42.1 Å². The summed E-state index contributed by atoms with van der Waals surface area (Å²) in [4.78, 5) is 11.1. The molecule has 1 aromatic rings. The van der Waals surface area contributed by atoms with Crippen LogP contribution in [0, 0.1) is 0 Å². The van der Waals surface area contributed by atoms with Gasteiger partial charge in [-0.05, 0) is 0 Å². The molecule has 6 heteroatoms. The SMILES string of the molecule is C[C@H]1CNCCc2nc(N3CCC(F)(F)CC3)cnc21. The molecule has 0 aromatic carbocycles. The van der Waals surface area contributed by atoms with E-state index in [1.807, 2.05) is 4.90 Å². The fourth-order valence-electron chi connectivity index (χ4n) is 2.86. The lowest BCUT2D eigenvalue weighted by atomic mass is 10.1. The summed E-state index contributed by atoms with van der Waals surface area (Å²) >= 11 is 0. The molecule has 1 saturated heterocycles. The molecule has 4 nitrogen and oxygen atoms in total. The van der Waals surface area contributed by atoms with Crippen molar-refractivity contribution in [3.8, 4) is 0 Å². The normalized spacial score (nSPS) is 25.9. The second-order valence-electron chi connectivity index (χ2n) is 5.76. The Kier molecular flexibility index (Phi) is 3.58. The van der Waals surface area contributed by atoms with Crippen molar-refractivity contribution in [1.29, 1.82) is 0 Å². The van der Waals surface area contributed by atoms with Gasteiger partial charge in [0.2, 0.25) is 0 Å². The standard InChI is InChI=1S/C14H20F2N4/c1-10-8-17-5-2-11-13(10)18-9-12(19-11)20-6-3-14(15,16)4-7-20/h9-10,17H,2-8H2,1H3/t10-/m0/s1. The number of nitrogens with one attached hydrogen (secondary N) is 1. The van der Waals surface area contributed by atoms with Crippen molar-refractivity contribution in [1.82, 2.24) is 15.3 Å². The van der Waals surface area contributed by atoms with Gasteiger partial charge in [-0.15, -0.1) is 0 Å². The lowest BCUT2D eigenvalue weighted by molar-refractivity contribution is -0.0221. The molecule has 0 aliphatic carbocycles. The number of nitrogens with zero attached hydrogens (tertiary/aromatic N) is 3. The minimum absolute atomic E-state index is 0.0935. The number of rotatable bonds is 1. The van der Waals surface area contributed by atoms with Gasteiger partial charge < -0.3 is 10.2 Å². The third-order valence-corrected chi connectivity index (χ3v) is 4.14. The third kappa shape index (κ3) is 2.75. The number of fused-ring (bicyclic) bond motifs is 1. The molecular formula is C14H20F2N4. The number of hydrogen-bond donors (Lipinski definition) is 1. The molecule has 2 aliphatic heterocycles. The zero-order valence-electron chi connectivity index (χ0n) is 11.7. The van der Waals surface area contributed by atoms with Crippen LogP contribution in [0.1, 0.15) is 37.1 Å². The van der Waals surface area contributed by atoms with Crippen LogP contribution in [0.3, 0.4) is 0 Å². The Morgan fingerprint density at radius 2 is 2.10 bits per heavy atom. The molecule has 0 saturated carbocycles. The van der Waals surface area contributed by atoms with Crippen LogP contribution >= 0.6 is 0 Å². The van der Waals surface area contributed by atoms with Gasteiger partial charge in [0.15, 0.2) is 0 Å². The van der Waals surface area contributed by atoms with Crippen molar-refractivity contribution in [2.24, 2.45) is 0 Å². The highest BCUT2D eigenvalue weighted by Gasteiger charge is 2.34. The second-order valence-corrected chi connectivity index (χ2v) is 5.76. The first-order valence-corrected chi connectivity index (χ1v) is 7.24. The molecule has 20 heavy (non-hydrogen) atoms. The maximum atomic E-state index is 13.2. The van der Waals surface area contributed by atoms with Crippen molar-refractivity contribution >= 4 is 5.82 Å². The van der Waals surface area contributed by atoms with Gasteiger partial charge in [0.1, 0.15) is 5.82 Å². The van der Waals surface area contributed by atoms with Crippen LogP contribution < -0.4 is 10.2 Å². The average Bonchev–Trinajstić information content (AvgIpc) is 2.60. The van der Waals surface area contributed by atoms with Gasteiger partial charge in [0.05, 0.1) is 17.6 Å².